The first kappa shape index (κ1) is 21.8. The summed E-state index contributed by atoms with van der Waals surface area (Å²) in [7, 11) is 0. The number of rotatable bonds is 14. The molecule has 5 nitrogen and oxygen atoms in total. The Bertz CT molecular complexity index is 351. The summed E-state index contributed by atoms with van der Waals surface area (Å²) < 4.78 is 0. The van der Waals surface area contributed by atoms with E-state index in [1.54, 1.807) is 6.08 Å². The van der Waals surface area contributed by atoms with Crippen LogP contribution in [-0.4, -0.2) is 44.7 Å². The lowest BCUT2D eigenvalue weighted by Gasteiger charge is -2.19. The first-order valence-electron chi connectivity index (χ1n) is 8.56. The van der Waals surface area contributed by atoms with E-state index in [-0.39, 0.29) is 6.42 Å². The van der Waals surface area contributed by atoms with E-state index in [0.717, 1.165) is 44.9 Å². The van der Waals surface area contributed by atoms with Crippen molar-refractivity contribution in [2.75, 3.05) is 0 Å². The highest BCUT2D eigenvalue weighted by molar-refractivity contribution is 5.66. The predicted molar refractivity (Wildman–Crippen MR) is 91.2 cm³/mol. The van der Waals surface area contributed by atoms with E-state index in [9.17, 15) is 20.1 Å². The monoisotopic (exact) mass is 328 g/mol. The minimum absolute atomic E-state index is 0.236. The molecule has 0 amide bonds. The maximum Gasteiger partial charge on any atom is 0.303 e. The molecule has 0 aliphatic heterocycles. The van der Waals surface area contributed by atoms with Crippen molar-refractivity contribution in [3.05, 3.63) is 24.3 Å². The average Bonchev–Trinajstić information content (AvgIpc) is 2.52. The molecule has 134 valence electrons. The zero-order valence-corrected chi connectivity index (χ0v) is 14.1. The molecule has 0 aromatic heterocycles. The molecule has 0 fully saturated rings. The number of aliphatic carboxylic acids is 1. The SMILES string of the molecule is CC/C=C\CC(O)C(O)C(O)/C=C\CCCCCCCC(=O)O. The highest BCUT2D eigenvalue weighted by Crippen LogP contribution is 2.10. The van der Waals surface area contributed by atoms with Gasteiger partial charge in [-0.15, -0.1) is 0 Å². The molecule has 0 aromatic rings. The van der Waals surface area contributed by atoms with E-state index < -0.39 is 24.3 Å². The molecule has 0 spiro atoms. The number of allylic oxidation sites excluding steroid dienone is 2. The van der Waals surface area contributed by atoms with E-state index >= 15 is 0 Å². The summed E-state index contributed by atoms with van der Waals surface area (Å²) in [6.45, 7) is 1.99. The van der Waals surface area contributed by atoms with Gasteiger partial charge in [0.25, 0.3) is 0 Å². The summed E-state index contributed by atoms with van der Waals surface area (Å²) in [5.41, 5.74) is 0. The van der Waals surface area contributed by atoms with Crippen LogP contribution in [0.3, 0.4) is 0 Å². The molecule has 4 N–H and O–H groups in total. The molecule has 0 aliphatic rings. The van der Waals surface area contributed by atoms with Gasteiger partial charge in [0.15, 0.2) is 0 Å². The third-order valence-electron chi connectivity index (χ3n) is 3.62. The topological polar surface area (TPSA) is 98.0 Å². The average molecular weight is 328 g/mol. The lowest BCUT2D eigenvalue weighted by Crippen LogP contribution is -2.35. The first-order chi connectivity index (χ1) is 11.0. The van der Waals surface area contributed by atoms with E-state index in [2.05, 4.69) is 0 Å². The summed E-state index contributed by atoms with van der Waals surface area (Å²) in [5.74, 6) is -0.743. The van der Waals surface area contributed by atoms with Gasteiger partial charge in [0.1, 0.15) is 12.2 Å². The van der Waals surface area contributed by atoms with Crippen molar-refractivity contribution < 1.29 is 25.2 Å². The summed E-state index contributed by atoms with van der Waals surface area (Å²) in [6, 6.07) is 0. The highest BCUT2D eigenvalue weighted by atomic mass is 16.4. The molecule has 3 atom stereocenters. The number of carbonyl (C=O) groups is 1. The number of hydrogen-bond donors (Lipinski definition) is 4. The number of aliphatic hydroxyl groups is 3. The van der Waals surface area contributed by atoms with Gasteiger partial charge >= 0.3 is 5.97 Å². The Balaban J connectivity index is 3.72. The van der Waals surface area contributed by atoms with E-state index in [0.29, 0.717) is 6.42 Å². The molecule has 0 saturated carbocycles. The Kier molecular flexibility index (Phi) is 13.7. The third kappa shape index (κ3) is 13.0. The van der Waals surface area contributed by atoms with Gasteiger partial charge in [-0.2, -0.15) is 0 Å². The standard InChI is InChI=1S/C18H32O5/c1-2-3-9-12-15(19)18(23)16(20)13-10-7-5-4-6-8-11-14-17(21)22/h3,9-10,13,15-16,18-20,23H,2,4-8,11-12,14H2,1H3,(H,21,22)/b9-3-,13-10-. The smallest absolute Gasteiger partial charge is 0.303 e. The van der Waals surface area contributed by atoms with Gasteiger partial charge in [-0.25, -0.2) is 0 Å². The maximum atomic E-state index is 10.3. The Hall–Kier alpha value is -1.17. The minimum atomic E-state index is -1.18. The van der Waals surface area contributed by atoms with Crippen LogP contribution >= 0.6 is 0 Å². The van der Waals surface area contributed by atoms with Gasteiger partial charge in [-0.3, -0.25) is 4.79 Å². The van der Waals surface area contributed by atoms with E-state index in [1.807, 2.05) is 19.1 Å². The van der Waals surface area contributed by atoms with Gasteiger partial charge < -0.3 is 20.4 Å². The van der Waals surface area contributed by atoms with Crippen molar-refractivity contribution in [3.63, 3.8) is 0 Å². The largest absolute Gasteiger partial charge is 0.481 e. The van der Waals surface area contributed by atoms with Crippen LogP contribution in [0.15, 0.2) is 24.3 Å². The normalized spacial score (nSPS) is 16.0. The molecule has 0 aliphatic carbocycles. The fourth-order valence-corrected chi connectivity index (χ4v) is 2.19. The molecule has 0 heterocycles. The molecule has 23 heavy (non-hydrogen) atoms. The van der Waals surface area contributed by atoms with Crippen LogP contribution < -0.4 is 0 Å². The zero-order valence-electron chi connectivity index (χ0n) is 14.1. The molecule has 5 heteroatoms. The van der Waals surface area contributed by atoms with Crippen LogP contribution in [0.4, 0.5) is 0 Å². The maximum absolute atomic E-state index is 10.3. The molecule has 0 bridgehead atoms. The molecule has 3 unspecified atom stereocenters. The van der Waals surface area contributed by atoms with E-state index in [1.165, 1.54) is 6.08 Å². The first-order valence-corrected chi connectivity index (χ1v) is 8.56. The third-order valence-corrected chi connectivity index (χ3v) is 3.62. The molecule has 0 aromatic carbocycles. The number of unbranched alkanes of at least 4 members (excludes halogenated alkanes) is 5. The zero-order chi connectivity index (χ0) is 17.5. The molecular formula is C18H32O5. The van der Waals surface area contributed by atoms with Crippen molar-refractivity contribution in [2.24, 2.45) is 0 Å². The fourth-order valence-electron chi connectivity index (χ4n) is 2.19. The van der Waals surface area contributed by atoms with Gasteiger partial charge in [-0.1, -0.05) is 50.5 Å². The van der Waals surface area contributed by atoms with Gasteiger partial charge in [0.2, 0.25) is 0 Å². The lowest BCUT2D eigenvalue weighted by atomic mass is 10.0. The van der Waals surface area contributed by atoms with Crippen molar-refractivity contribution in [3.8, 4) is 0 Å². The van der Waals surface area contributed by atoms with Crippen LogP contribution in [-0.2, 0) is 4.79 Å². The quantitative estimate of drug-likeness (QED) is 0.290. The highest BCUT2D eigenvalue weighted by Gasteiger charge is 2.21. The Morgan fingerprint density at radius 1 is 0.957 bits per heavy atom. The van der Waals surface area contributed by atoms with Crippen LogP contribution in [0.1, 0.15) is 64.7 Å². The predicted octanol–water partition coefficient (Wildman–Crippen LogP) is 2.80. The fraction of sp³-hybridized carbons (Fsp3) is 0.722. The Morgan fingerprint density at radius 3 is 2.26 bits per heavy atom. The summed E-state index contributed by atoms with van der Waals surface area (Å²) in [4.78, 5) is 10.3. The molecule has 0 saturated heterocycles. The van der Waals surface area contributed by atoms with Crippen LogP contribution in [0.25, 0.3) is 0 Å². The second-order valence-corrected chi connectivity index (χ2v) is 5.79. The van der Waals surface area contributed by atoms with Crippen LogP contribution in [0.5, 0.6) is 0 Å². The molecule has 0 rings (SSSR count). The van der Waals surface area contributed by atoms with Crippen molar-refractivity contribution in [1.82, 2.24) is 0 Å². The summed E-state index contributed by atoms with van der Waals surface area (Å²) >= 11 is 0. The number of hydrogen-bond acceptors (Lipinski definition) is 4. The Labute approximate surface area is 139 Å². The molecule has 0 radical (unpaired) electrons. The number of carboxylic acid groups (broad SMARTS) is 1. The summed E-state index contributed by atoms with van der Waals surface area (Å²) in [5, 5.41) is 37.8. The Morgan fingerprint density at radius 2 is 1.61 bits per heavy atom. The number of aliphatic hydroxyl groups excluding tert-OH is 3. The van der Waals surface area contributed by atoms with Crippen molar-refractivity contribution >= 4 is 5.97 Å². The lowest BCUT2D eigenvalue weighted by molar-refractivity contribution is -0.137. The van der Waals surface area contributed by atoms with Crippen LogP contribution in [0, 0.1) is 0 Å². The second kappa shape index (κ2) is 14.4. The minimum Gasteiger partial charge on any atom is -0.481 e. The number of carboxylic acids is 1. The van der Waals surface area contributed by atoms with E-state index in [4.69, 9.17) is 5.11 Å². The second-order valence-electron chi connectivity index (χ2n) is 5.79. The van der Waals surface area contributed by atoms with Crippen molar-refractivity contribution in [2.45, 2.75) is 83.0 Å². The van der Waals surface area contributed by atoms with Gasteiger partial charge in [-0.05, 0) is 32.1 Å². The summed E-state index contributed by atoms with van der Waals surface area (Å²) in [6.07, 6.45) is 10.7. The molecular weight excluding hydrogens is 296 g/mol. The van der Waals surface area contributed by atoms with Crippen LogP contribution in [0.2, 0.25) is 0 Å². The van der Waals surface area contributed by atoms with Gasteiger partial charge in [0.05, 0.1) is 6.10 Å². The van der Waals surface area contributed by atoms with Crippen molar-refractivity contribution in [1.29, 1.82) is 0 Å². The van der Waals surface area contributed by atoms with Gasteiger partial charge in [0, 0.05) is 6.42 Å².